The Morgan fingerprint density at radius 1 is 1.10 bits per heavy atom. The molecule has 0 saturated carbocycles. The molecule has 0 aliphatic heterocycles. The van der Waals surface area contributed by atoms with E-state index in [0.29, 0.717) is 11.3 Å². The monoisotopic (exact) mass is 386 g/mol. The minimum Gasteiger partial charge on any atom is -0.290 e. The summed E-state index contributed by atoms with van der Waals surface area (Å²) in [6.45, 7) is 0. The van der Waals surface area contributed by atoms with E-state index in [-0.39, 0.29) is 11.6 Å². The van der Waals surface area contributed by atoms with Gasteiger partial charge in [0.15, 0.2) is 0 Å². The normalized spacial score (nSPS) is 11.0. The van der Waals surface area contributed by atoms with Gasteiger partial charge in [-0.15, -0.1) is 5.10 Å². The highest BCUT2D eigenvalue weighted by Crippen LogP contribution is 2.19. The molecule has 0 saturated heterocycles. The molecule has 29 heavy (non-hydrogen) atoms. The van der Waals surface area contributed by atoms with E-state index in [0.717, 1.165) is 11.3 Å². The number of carbonyl (C=O) groups is 1. The van der Waals surface area contributed by atoms with Gasteiger partial charge in [-0.2, -0.15) is 9.50 Å². The SMILES string of the molecule is O=C(C=Cc1cccc([N+](=O)[O-])c1)Nc1nc2nccc(-c3ccccc3)n2n1. The Balaban J connectivity index is 1.54. The van der Waals surface area contributed by atoms with Gasteiger partial charge in [-0.3, -0.25) is 20.2 Å². The first kappa shape index (κ1) is 18.0. The van der Waals surface area contributed by atoms with Crippen LogP contribution in [0.5, 0.6) is 0 Å². The van der Waals surface area contributed by atoms with Gasteiger partial charge in [0.05, 0.1) is 10.6 Å². The van der Waals surface area contributed by atoms with Gasteiger partial charge in [0, 0.05) is 30.0 Å². The van der Waals surface area contributed by atoms with Crippen molar-refractivity contribution in [2.75, 3.05) is 5.32 Å². The van der Waals surface area contributed by atoms with E-state index < -0.39 is 10.8 Å². The van der Waals surface area contributed by atoms with Gasteiger partial charge in [-0.05, 0) is 17.7 Å². The maximum atomic E-state index is 12.2. The zero-order valence-electron chi connectivity index (χ0n) is 15.0. The van der Waals surface area contributed by atoms with E-state index in [1.807, 2.05) is 36.4 Å². The maximum Gasteiger partial charge on any atom is 0.270 e. The minimum atomic E-state index is -0.491. The lowest BCUT2D eigenvalue weighted by atomic mass is 10.1. The Bertz CT molecular complexity index is 1230. The first-order valence-corrected chi connectivity index (χ1v) is 8.61. The van der Waals surface area contributed by atoms with Crippen LogP contribution in [0.15, 0.2) is 72.9 Å². The van der Waals surface area contributed by atoms with Crippen molar-refractivity contribution in [3.05, 3.63) is 88.6 Å². The standard InChI is InChI=1S/C20H14N6O3/c27-18(10-9-14-5-4-8-16(13-14)26(28)29)22-19-23-20-21-12-11-17(25(20)24-19)15-6-2-1-3-7-15/h1-13H,(H,22,24,27). The average Bonchev–Trinajstić information content (AvgIpc) is 3.15. The Kier molecular flexibility index (Phi) is 4.77. The van der Waals surface area contributed by atoms with Crippen molar-refractivity contribution in [3.8, 4) is 11.3 Å². The van der Waals surface area contributed by atoms with Crippen LogP contribution in [0.1, 0.15) is 5.56 Å². The lowest BCUT2D eigenvalue weighted by molar-refractivity contribution is -0.384. The Labute approximate surface area is 164 Å². The van der Waals surface area contributed by atoms with Crippen molar-refractivity contribution in [2.45, 2.75) is 0 Å². The second-order valence-electron chi connectivity index (χ2n) is 6.02. The van der Waals surface area contributed by atoms with E-state index in [1.165, 1.54) is 24.3 Å². The lowest BCUT2D eigenvalue weighted by Gasteiger charge is -2.02. The first-order valence-electron chi connectivity index (χ1n) is 8.61. The summed E-state index contributed by atoms with van der Waals surface area (Å²) in [5, 5.41) is 17.7. The first-order chi connectivity index (χ1) is 14.1. The number of rotatable bonds is 5. The minimum absolute atomic E-state index is 0.0471. The van der Waals surface area contributed by atoms with Crippen molar-refractivity contribution in [1.29, 1.82) is 0 Å². The van der Waals surface area contributed by atoms with E-state index in [4.69, 9.17) is 0 Å². The van der Waals surface area contributed by atoms with Crippen LogP contribution in [-0.4, -0.2) is 30.4 Å². The summed E-state index contributed by atoms with van der Waals surface area (Å²) in [6.07, 6.45) is 4.36. The van der Waals surface area contributed by atoms with Gasteiger partial charge in [-0.25, -0.2) is 4.98 Å². The van der Waals surface area contributed by atoms with Gasteiger partial charge in [0.25, 0.3) is 23.3 Å². The molecule has 0 atom stereocenters. The highest BCUT2D eigenvalue weighted by Gasteiger charge is 2.11. The number of nitrogens with zero attached hydrogens (tertiary/aromatic N) is 5. The molecule has 2 aromatic heterocycles. The van der Waals surface area contributed by atoms with Crippen LogP contribution in [0.3, 0.4) is 0 Å². The van der Waals surface area contributed by atoms with Gasteiger partial charge in [0.1, 0.15) is 0 Å². The largest absolute Gasteiger partial charge is 0.290 e. The number of benzene rings is 2. The predicted octanol–water partition coefficient (Wildman–Crippen LogP) is 3.35. The third-order valence-corrected chi connectivity index (χ3v) is 4.05. The van der Waals surface area contributed by atoms with Crippen molar-refractivity contribution in [2.24, 2.45) is 0 Å². The van der Waals surface area contributed by atoms with E-state index in [2.05, 4.69) is 20.4 Å². The van der Waals surface area contributed by atoms with Crippen LogP contribution in [-0.2, 0) is 4.79 Å². The molecule has 0 bridgehead atoms. The van der Waals surface area contributed by atoms with E-state index >= 15 is 0 Å². The summed E-state index contributed by atoms with van der Waals surface area (Å²) >= 11 is 0. The third-order valence-electron chi connectivity index (χ3n) is 4.05. The number of aromatic nitrogens is 4. The van der Waals surface area contributed by atoms with Gasteiger partial charge < -0.3 is 0 Å². The second-order valence-corrected chi connectivity index (χ2v) is 6.02. The zero-order valence-corrected chi connectivity index (χ0v) is 15.0. The van der Waals surface area contributed by atoms with Crippen LogP contribution in [0.2, 0.25) is 0 Å². The fraction of sp³-hybridized carbons (Fsp3) is 0. The van der Waals surface area contributed by atoms with E-state index in [1.54, 1.807) is 22.8 Å². The number of amides is 1. The molecule has 0 fully saturated rings. The predicted molar refractivity (Wildman–Crippen MR) is 107 cm³/mol. The number of nitro groups is 1. The number of fused-ring (bicyclic) bond motifs is 1. The molecule has 1 amide bonds. The number of anilines is 1. The number of non-ortho nitro benzene ring substituents is 1. The number of nitro benzene ring substituents is 1. The summed E-state index contributed by atoms with van der Waals surface area (Å²) in [4.78, 5) is 30.9. The number of nitrogens with one attached hydrogen (secondary N) is 1. The molecule has 2 aromatic carbocycles. The summed E-state index contributed by atoms with van der Waals surface area (Å²) in [7, 11) is 0. The topological polar surface area (TPSA) is 115 Å². The summed E-state index contributed by atoms with van der Waals surface area (Å²) < 4.78 is 1.55. The van der Waals surface area contributed by atoms with Crippen LogP contribution in [0.25, 0.3) is 23.1 Å². The second kappa shape index (κ2) is 7.69. The van der Waals surface area contributed by atoms with E-state index in [9.17, 15) is 14.9 Å². The van der Waals surface area contributed by atoms with Gasteiger partial charge in [-0.1, -0.05) is 42.5 Å². The summed E-state index contributed by atoms with van der Waals surface area (Å²) in [5.74, 6) is -0.00689. The molecule has 0 aliphatic rings. The Morgan fingerprint density at radius 3 is 2.72 bits per heavy atom. The van der Waals surface area contributed by atoms with Crippen LogP contribution >= 0.6 is 0 Å². The highest BCUT2D eigenvalue weighted by molar-refractivity contribution is 6.01. The zero-order chi connectivity index (χ0) is 20.2. The average molecular weight is 386 g/mol. The molecule has 0 radical (unpaired) electrons. The van der Waals surface area contributed by atoms with Crippen LogP contribution < -0.4 is 5.32 Å². The van der Waals surface area contributed by atoms with Crippen molar-refractivity contribution < 1.29 is 9.72 Å². The summed E-state index contributed by atoms with van der Waals surface area (Å²) in [6, 6.07) is 17.4. The third kappa shape index (κ3) is 3.98. The molecule has 0 spiro atoms. The number of carbonyl (C=O) groups excluding carboxylic acids is 1. The molecular weight excluding hydrogens is 372 g/mol. The molecule has 4 rings (SSSR count). The Morgan fingerprint density at radius 2 is 1.93 bits per heavy atom. The fourth-order valence-corrected chi connectivity index (χ4v) is 2.74. The van der Waals surface area contributed by atoms with Crippen LogP contribution in [0.4, 0.5) is 11.6 Å². The lowest BCUT2D eigenvalue weighted by Crippen LogP contribution is -2.09. The number of hydrogen-bond acceptors (Lipinski definition) is 6. The molecule has 142 valence electrons. The molecule has 9 heteroatoms. The Hall–Kier alpha value is -4.40. The molecule has 2 heterocycles. The highest BCUT2D eigenvalue weighted by atomic mass is 16.6. The molecule has 0 unspecified atom stereocenters. The quantitative estimate of drug-likeness (QED) is 0.319. The van der Waals surface area contributed by atoms with Crippen LogP contribution in [0, 0.1) is 10.1 Å². The van der Waals surface area contributed by atoms with Crippen molar-refractivity contribution in [1.82, 2.24) is 19.6 Å². The molecule has 4 aromatic rings. The molecule has 0 aliphatic carbocycles. The van der Waals surface area contributed by atoms with Gasteiger partial charge >= 0.3 is 0 Å². The maximum absolute atomic E-state index is 12.2. The van der Waals surface area contributed by atoms with Gasteiger partial charge in [0.2, 0.25) is 0 Å². The molecular formula is C20H14N6O3. The van der Waals surface area contributed by atoms with Crippen molar-refractivity contribution in [3.63, 3.8) is 0 Å². The summed E-state index contributed by atoms with van der Waals surface area (Å²) in [5.41, 5.74) is 2.21. The number of hydrogen-bond donors (Lipinski definition) is 1. The molecule has 9 nitrogen and oxygen atoms in total. The van der Waals surface area contributed by atoms with Crippen molar-refractivity contribution >= 4 is 29.4 Å². The fourth-order valence-electron chi connectivity index (χ4n) is 2.74. The smallest absolute Gasteiger partial charge is 0.270 e. The molecule has 1 N–H and O–H groups in total.